The summed E-state index contributed by atoms with van der Waals surface area (Å²) in [6.07, 6.45) is 0. The van der Waals surface area contributed by atoms with Crippen molar-refractivity contribution in [2.24, 2.45) is 0 Å². The molecule has 0 aliphatic rings. The van der Waals surface area contributed by atoms with Gasteiger partial charge in [0.25, 0.3) is 0 Å². The Bertz CT molecular complexity index is 397. The summed E-state index contributed by atoms with van der Waals surface area (Å²) in [5.41, 5.74) is 1.01. The van der Waals surface area contributed by atoms with Gasteiger partial charge in [-0.25, -0.2) is 0 Å². The maximum atomic E-state index is 6.08. The fraction of sp³-hybridized carbons (Fsp3) is 0.647. The van der Waals surface area contributed by atoms with E-state index in [9.17, 15) is 0 Å². The quantitative estimate of drug-likeness (QED) is 0.486. The van der Waals surface area contributed by atoms with Gasteiger partial charge in [0.15, 0.2) is 0 Å². The molecule has 0 aromatic heterocycles. The third-order valence-electron chi connectivity index (χ3n) is 2.93. The minimum atomic E-state index is -2.71. The molecular formula is C17H30O4Si. The van der Waals surface area contributed by atoms with Crippen LogP contribution in [0.15, 0.2) is 30.3 Å². The molecule has 0 N–H and O–H groups in total. The van der Waals surface area contributed by atoms with E-state index in [4.69, 9.17) is 18.0 Å². The summed E-state index contributed by atoms with van der Waals surface area (Å²) in [6.45, 7) is 12.2. The predicted molar refractivity (Wildman–Crippen MR) is 90.8 cm³/mol. The van der Waals surface area contributed by atoms with E-state index >= 15 is 0 Å². The molecule has 0 unspecified atom stereocenters. The zero-order chi connectivity index (χ0) is 16.5. The molecule has 0 aliphatic heterocycles. The van der Waals surface area contributed by atoms with Gasteiger partial charge in [-0.05, 0) is 40.2 Å². The second-order valence-electron chi connectivity index (χ2n) is 6.02. The molecule has 0 atom stereocenters. The van der Waals surface area contributed by atoms with E-state index in [2.05, 4.69) is 12.1 Å². The topological polar surface area (TPSA) is 36.9 Å². The standard InChI is InChI=1S/C17H30O4Si/c1-6-19-22(20-7-2,15-16-11-9-8-10-12-16)21-14-13-18-17(3,4)5/h8-12H,6-7,13-15H2,1-5H3. The lowest BCUT2D eigenvalue weighted by Gasteiger charge is -2.29. The highest BCUT2D eigenvalue weighted by atomic mass is 28.4. The average Bonchev–Trinajstić information content (AvgIpc) is 2.44. The molecule has 1 rings (SSSR count). The molecule has 4 nitrogen and oxygen atoms in total. The molecule has 1 aromatic rings. The van der Waals surface area contributed by atoms with Crippen molar-refractivity contribution >= 4 is 8.80 Å². The second kappa shape index (κ2) is 9.42. The molecule has 126 valence electrons. The van der Waals surface area contributed by atoms with Crippen LogP contribution in [-0.4, -0.2) is 40.8 Å². The van der Waals surface area contributed by atoms with Gasteiger partial charge in [-0.1, -0.05) is 30.3 Å². The number of rotatable bonds is 10. The fourth-order valence-electron chi connectivity index (χ4n) is 2.11. The SMILES string of the molecule is CCO[Si](Cc1ccccc1)(OCC)OCCOC(C)(C)C. The lowest BCUT2D eigenvalue weighted by Crippen LogP contribution is -2.49. The third kappa shape index (κ3) is 7.51. The summed E-state index contributed by atoms with van der Waals surface area (Å²) in [5, 5.41) is 0. The van der Waals surface area contributed by atoms with E-state index in [-0.39, 0.29) is 5.60 Å². The molecule has 0 heterocycles. The first-order valence-electron chi connectivity index (χ1n) is 8.00. The molecule has 0 saturated heterocycles. The minimum Gasteiger partial charge on any atom is -0.374 e. The van der Waals surface area contributed by atoms with Gasteiger partial charge in [-0.3, -0.25) is 0 Å². The van der Waals surface area contributed by atoms with Crippen molar-refractivity contribution in [1.29, 1.82) is 0 Å². The lowest BCUT2D eigenvalue weighted by atomic mass is 10.2. The van der Waals surface area contributed by atoms with Gasteiger partial charge in [-0.15, -0.1) is 0 Å². The zero-order valence-corrected chi connectivity index (χ0v) is 15.6. The molecule has 0 radical (unpaired) electrons. The van der Waals surface area contributed by atoms with Crippen molar-refractivity contribution in [1.82, 2.24) is 0 Å². The first-order chi connectivity index (χ1) is 10.4. The smallest absolute Gasteiger partial charge is 0.374 e. The largest absolute Gasteiger partial charge is 0.505 e. The van der Waals surface area contributed by atoms with Gasteiger partial charge in [0.2, 0.25) is 0 Å². The van der Waals surface area contributed by atoms with Crippen LogP contribution in [0.3, 0.4) is 0 Å². The average molecular weight is 327 g/mol. The maximum absolute atomic E-state index is 6.08. The highest BCUT2D eigenvalue weighted by Crippen LogP contribution is 2.17. The molecule has 0 saturated carbocycles. The van der Waals surface area contributed by atoms with E-state index in [1.54, 1.807) is 0 Å². The number of hydrogen-bond acceptors (Lipinski definition) is 4. The van der Waals surface area contributed by atoms with Crippen LogP contribution >= 0.6 is 0 Å². The van der Waals surface area contributed by atoms with Gasteiger partial charge in [0.05, 0.1) is 18.8 Å². The van der Waals surface area contributed by atoms with E-state index in [1.807, 2.05) is 52.8 Å². The van der Waals surface area contributed by atoms with Crippen molar-refractivity contribution in [2.45, 2.75) is 46.3 Å². The second-order valence-corrected chi connectivity index (χ2v) is 8.61. The molecule has 22 heavy (non-hydrogen) atoms. The van der Waals surface area contributed by atoms with Crippen molar-refractivity contribution in [3.63, 3.8) is 0 Å². The molecule has 5 heteroatoms. The Kier molecular flexibility index (Phi) is 8.28. The van der Waals surface area contributed by atoms with Gasteiger partial charge in [0.1, 0.15) is 0 Å². The Labute approximate surface area is 136 Å². The number of benzene rings is 1. The van der Waals surface area contributed by atoms with Crippen LogP contribution in [0.2, 0.25) is 0 Å². The molecule has 0 bridgehead atoms. The van der Waals surface area contributed by atoms with Crippen LogP contribution in [-0.2, 0) is 24.1 Å². The summed E-state index contributed by atoms with van der Waals surface area (Å²) in [7, 11) is -2.71. The van der Waals surface area contributed by atoms with Crippen LogP contribution in [0, 0.1) is 0 Å². The van der Waals surface area contributed by atoms with Gasteiger partial charge in [-0.2, -0.15) is 0 Å². The van der Waals surface area contributed by atoms with Crippen molar-refractivity contribution in [3.05, 3.63) is 35.9 Å². The number of hydrogen-bond donors (Lipinski definition) is 0. The summed E-state index contributed by atoms with van der Waals surface area (Å²) in [6, 6.07) is 10.9. The van der Waals surface area contributed by atoms with Crippen LogP contribution in [0.25, 0.3) is 0 Å². The van der Waals surface area contributed by atoms with E-state index in [1.165, 1.54) is 5.56 Å². The van der Waals surface area contributed by atoms with Crippen molar-refractivity contribution < 1.29 is 18.0 Å². The fourth-order valence-corrected chi connectivity index (χ4v) is 4.67. The molecule has 1 aromatic carbocycles. The first-order valence-corrected chi connectivity index (χ1v) is 9.94. The molecule has 0 amide bonds. The van der Waals surface area contributed by atoms with Crippen LogP contribution in [0.4, 0.5) is 0 Å². The molecular weight excluding hydrogens is 296 g/mol. The molecule has 0 aliphatic carbocycles. The number of ether oxygens (including phenoxy) is 1. The van der Waals surface area contributed by atoms with Gasteiger partial charge < -0.3 is 18.0 Å². The highest BCUT2D eigenvalue weighted by molar-refractivity contribution is 6.60. The van der Waals surface area contributed by atoms with Crippen LogP contribution < -0.4 is 0 Å². The Morgan fingerprint density at radius 2 is 1.45 bits per heavy atom. The predicted octanol–water partition coefficient (Wildman–Crippen LogP) is 3.61. The van der Waals surface area contributed by atoms with Gasteiger partial charge >= 0.3 is 8.80 Å². The molecule has 0 fully saturated rings. The van der Waals surface area contributed by atoms with Crippen LogP contribution in [0.1, 0.15) is 40.2 Å². The Hall–Kier alpha value is -0.723. The first kappa shape index (κ1) is 19.3. The normalized spacial score (nSPS) is 12.6. The Morgan fingerprint density at radius 1 is 0.864 bits per heavy atom. The van der Waals surface area contributed by atoms with E-state index in [0.29, 0.717) is 32.5 Å². The lowest BCUT2D eigenvalue weighted by molar-refractivity contribution is -0.0317. The minimum absolute atomic E-state index is 0.162. The van der Waals surface area contributed by atoms with Crippen LogP contribution in [0.5, 0.6) is 0 Å². The zero-order valence-electron chi connectivity index (χ0n) is 14.6. The Morgan fingerprint density at radius 3 is 1.95 bits per heavy atom. The summed E-state index contributed by atoms with van der Waals surface area (Å²) >= 11 is 0. The monoisotopic (exact) mass is 326 g/mol. The highest BCUT2D eigenvalue weighted by Gasteiger charge is 2.41. The maximum Gasteiger partial charge on any atom is 0.505 e. The third-order valence-corrected chi connectivity index (χ3v) is 5.87. The summed E-state index contributed by atoms with van der Waals surface area (Å²) in [5.74, 6) is 0. The van der Waals surface area contributed by atoms with Gasteiger partial charge in [0, 0.05) is 19.3 Å². The summed E-state index contributed by atoms with van der Waals surface area (Å²) in [4.78, 5) is 0. The van der Waals surface area contributed by atoms with Crippen molar-refractivity contribution in [3.8, 4) is 0 Å². The van der Waals surface area contributed by atoms with E-state index in [0.717, 1.165) is 0 Å². The van der Waals surface area contributed by atoms with Crippen molar-refractivity contribution in [2.75, 3.05) is 26.4 Å². The van der Waals surface area contributed by atoms with E-state index < -0.39 is 8.80 Å². The molecule has 0 spiro atoms. The Balaban J connectivity index is 2.68. The summed E-state index contributed by atoms with van der Waals surface area (Å²) < 4.78 is 23.7.